The lowest BCUT2D eigenvalue weighted by Gasteiger charge is -2.06. The number of aliphatic hydroxyl groups excluding tert-OH is 1. The van der Waals surface area contributed by atoms with Crippen LogP contribution < -0.4 is 4.74 Å². The number of hydrogen-bond donors (Lipinski definition) is 1. The third-order valence-electron chi connectivity index (χ3n) is 2.89. The van der Waals surface area contributed by atoms with E-state index in [9.17, 15) is 0 Å². The van der Waals surface area contributed by atoms with Gasteiger partial charge in [0.05, 0.1) is 6.61 Å². The van der Waals surface area contributed by atoms with Crippen molar-refractivity contribution >= 4 is 10.8 Å². The fourth-order valence-corrected chi connectivity index (χ4v) is 1.87. The quantitative estimate of drug-likeness (QED) is 0.669. The second kappa shape index (κ2) is 6.82. The van der Waals surface area contributed by atoms with E-state index in [-0.39, 0.29) is 6.61 Å². The van der Waals surface area contributed by atoms with Gasteiger partial charge in [0.15, 0.2) is 0 Å². The molecule has 2 aromatic rings. The maximum Gasteiger partial charge on any atom is 0.119 e. The Morgan fingerprint density at radius 1 is 1.11 bits per heavy atom. The van der Waals surface area contributed by atoms with E-state index in [1.165, 1.54) is 0 Å². The van der Waals surface area contributed by atoms with E-state index in [4.69, 9.17) is 9.84 Å². The summed E-state index contributed by atoms with van der Waals surface area (Å²) in [7, 11) is 0. The van der Waals surface area contributed by atoms with Crippen molar-refractivity contribution in [2.24, 2.45) is 0 Å². The molecular weight excluding hydrogens is 236 g/mol. The van der Waals surface area contributed by atoms with Crippen LogP contribution >= 0.6 is 0 Å². The van der Waals surface area contributed by atoms with E-state index in [0.29, 0.717) is 0 Å². The van der Waals surface area contributed by atoms with Gasteiger partial charge >= 0.3 is 0 Å². The molecule has 0 bridgehead atoms. The Kier molecular flexibility index (Phi) is 4.83. The monoisotopic (exact) mass is 254 g/mol. The Bertz CT molecular complexity index is 605. The number of hydrogen-bond acceptors (Lipinski definition) is 2. The largest absolute Gasteiger partial charge is 0.494 e. The van der Waals surface area contributed by atoms with Crippen molar-refractivity contribution in [3.63, 3.8) is 0 Å². The second-order valence-electron chi connectivity index (χ2n) is 4.39. The molecule has 0 aliphatic rings. The zero-order valence-corrected chi connectivity index (χ0v) is 11.1. The average molecular weight is 254 g/mol. The zero-order chi connectivity index (χ0) is 13.5. The summed E-state index contributed by atoms with van der Waals surface area (Å²) in [4.78, 5) is 0. The molecule has 0 unspecified atom stereocenters. The van der Waals surface area contributed by atoms with Crippen LogP contribution in [0.2, 0.25) is 0 Å². The van der Waals surface area contributed by atoms with Gasteiger partial charge in [-0.15, -0.1) is 0 Å². The van der Waals surface area contributed by atoms with Crippen LogP contribution in [0.4, 0.5) is 0 Å². The van der Waals surface area contributed by atoms with Crippen LogP contribution in [-0.4, -0.2) is 18.3 Å². The topological polar surface area (TPSA) is 29.5 Å². The van der Waals surface area contributed by atoms with E-state index in [0.717, 1.165) is 41.5 Å². The Morgan fingerprint density at radius 3 is 2.68 bits per heavy atom. The maximum atomic E-state index is 8.69. The number of rotatable bonds is 4. The molecule has 2 aromatic carbocycles. The van der Waals surface area contributed by atoms with Crippen molar-refractivity contribution < 1.29 is 9.84 Å². The van der Waals surface area contributed by atoms with E-state index in [2.05, 4.69) is 18.8 Å². The van der Waals surface area contributed by atoms with Gasteiger partial charge in [-0.25, -0.2) is 0 Å². The molecule has 0 atom stereocenters. The number of unbranched alkanes of at least 4 members (excludes halogenated alkanes) is 1. The van der Waals surface area contributed by atoms with Crippen LogP contribution in [0, 0.1) is 11.8 Å². The van der Waals surface area contributed by atoms with E-state index in [1.54, 1.807) is 0 Å². The van der Waals surface area contributed by atoms with Gasteiger partial charge in [0.25, 0.3) is 0 Å². The maximum absolute atomic E-state index is 8.69. The fourth-order valence-electron chi connectivity index (χ4n) is 1.87. The van der Waals surface area contributed by atoms with Gasteiger partial charge in [0.1, 0.15) is 12.4 Å². The number of aliphatic hydroxyl groups is 1. The van der Waals surface area contributed by atoms with Gasteiger partial charge in [0, 0.05) is 5.56 Å². The molecule has 19 heavy (non-hydrogen) atoms. The summed E-state index contributed by atoms with van der Waals surface area (Å²) in [5.74, 6) is 6.48. The van der Waals surface area contributed by atoms with E-state index in [1.807, 2.05) is 36.4 Å². The van der Waals surface area contributed by atoms with Crippen molar-refractivity contribution in [1.82, 2.24) is 0 Å². The number of ether oxygens (including phenoxy) is 1. The SMILES string of the molecule is CCCCOc1ccc2cc(C#CCO)ccc2c1. The number of fused-ring (bicyclic) bond motifs is 1. The van der Waals surface area contributed by atoms with Crippen LogP contribution in [0.25, 0.3) is 10.8 Å². The van der Waals surface area contributed by atoms with Crippen molar-refractivity contribution in [2.45, 2.75) is 19.8 Å². The normalized spacial score (nSPS) is 10.0. The van der Waals surface area contributed by atoms with Gasteiger partial charge < -0.3 is 9.84 Å². The summed E-state index contributed by atoms with van der Waals surface area (Å²) in [6.45, 7) is 2.81. The smallest absolute Gasteiger partial charge is 0.119 e. The molecule has 0 aliphatic carbocycles. The van der Waals surface area contributed by atoms with Gasteiger partial charge in [-0.2, -0.15) is 0 Å². The molecule has 0 amide bonds. The van der Waals surface area contributed by atoms with Crippen LogP contribution in [0.15, 0.2) is 36.4 Å². The van der Waals surface area contributed by atoms with Crippen molar-refractivity contribution in [3.8, 4) is 17.6 Å². The predicted octanol–water partition coefficient (Wildman–Crippen LogP) is 3.36. The predicted molar refractivity (Wildman–Crippen MR) is 78.3 cm³/mol. The summed E-state index contributed by atoms with van der Waals surface area (Å²) in [5.41, 5.74) is 0.918. The van der Waals surface area contributed by atoms with Gasteiger partial charge in [-0.3, -0.25) is 0 Å². The van der Waals surface area contributed by atoms with Crippen molar-refractivity contribution in [3.05, 3.63) is 42.0 Å². The molecule has 0 aliphatic heterocycles. The molecule has 0 heterocycles. The lowest BCUT2D eigenvalue weighted by molar-refractivity contribution is 0.310. The fraction of sp³-hybridized carbons (Fsp3) is 0.294. The summed E-state index contributed by atoms with van der Waals surface area (Å²) in [6, 6.07) is 12.1. The third kappa shape index (κ3) is 3.74. The lowest BCUT2D eigenvalue weighted by atomic mass is 10.1. The minimum absolute atomic E-state index is 0.109. The van der Waals surface area contributed by atoms with E-state index >= 15 is 0 Å². The van der Waals surface area contributed by atoms with Gasteiger partial charge in [-0.1, -0.05) is 37.3 Å². The second-order valence-corrected chi connectivity index (χ2v) is 4.39. The first kappa shape index (κ1) is 13.5. The first-order valence-corrected chi connectivity index (χ1v) is 6.60. The van der Waals surface area contributed by atoms with E-state index < -0.39 is 0 Å². The molecule has 2 nitrogen and oxygen atoms in total. The molecule has 2 heteroatoms. The molecule has 0 fully saturated rings. The Balaban J connectivity index is 2.20. The Labute approximate surface area is 114 Å². The summed E-state index contributed by atoms with van der Waals surface area (Å²) < 4.78 is 5.69. The minimum atomic E-state index is -0.109. The Morgan fingerprint density at radius 2 is 1.89 bits per heavy atom. The van der Waals surface area contributed by atoms with Gasteiger partial charge in [-0.05, 0) is 41.5 Å². The molecule has 0 aromatic heterocycles. The molecule has 2 rings (SSSR count). The molecular formula is C17H18O2. The summed E-state index contributed by atoms with van der Waals surface area (Å²) in [5, 5.41) is 11.0. The highest BCUT2D eigenvalue weighted by Crippen LogP contribution is 2.22. The van der Waals surface area contributed by atoms with Crippen LogP contribution in [0.1, 0.15) is 25.3 Å². The third-order valence-corrected chi connectivity index (χ3v) is 2.89. The van der Waals surface area contributed by atoms with Crippen LogP contribution in [0.3, 0.4) is 0 Å². The van der Waals surface area contributed by atoms with Gasteiger partial charge in [0.2, 0.25) is 0 Å². The molecule has 0 spiro atoms. The first-order chi connectivity index (χ1) is 9.33. The van der Waals surface area contributed by atoms with Crippen molar-refractivity contribution in [1.29, 1.82) is 0 Å². The zero-order valence-electron chi connectivity index (χ0n) is 11.1. The standard InChI is InChI=1S/C17H18O2/c1-2-3-11-19-17-9-8-15-12-14(5-4-10-18)6-7-16(15)13-17/h6-9,12-13,18H,2-3,10-11H2,1H3. The first-order valence-electron chi connectivity index (χ1n) is 6.60. The number of benzene rings is 2. The summed E-state index contributed by atoms with van der Waals surface area (Å²) >= 11 is 0. The molecule has 0 radical (unpaired) electrons. The highest BCUT2D eigenvalue weighted by molar-refractivity contribution is 5.85. The molecule has 0 saturated heterocycles. The average Bonchev–Trinajstić information content (AvgIpc) is 2.45. The highest BCUT2D eigenvalue weighted by Gasteiger charge is 1.98. The molecule has 98 valence electrons. The Hall–Kier alpha value is -1.98. The molecule has 0 saturated carbocycles. The highest BCUT2D eigenvalue weighted by atomic mass is 16.5. The van der Waals surface area contributed by atoms with Crippen molar-refractivity contribution in [2.75, 3.05) is 13.2 Å². The lowest BCUT2D eigenvalue weighted by Crippen LogP contribution is -1.96. The van der Waals surface area contributed by atoms with Crippen LogP contribution in [-0.2, 0) is 0 Å². The molecule has 1 N–H and O–H groups in total. The van der Waals surface area contributed by atoms with Crippen LogP contribution in [0.5, 0.6) is 5.75 Å². The summed E-state index contributed by atoms with van der Waals surface area (Å²) in [6.07, 6.45) is 2.22. The minimum Gasteiger partial charge on any atom is -0.494 e.